The number of aromatic nitrogens is 1. The first kappa shape index (κ1) is 12.6. The monoisotopic (exact) mass is 265 g/mol. The predicted molar refractivity (Wildman–Crippen MR) is 76.3 cm³/mol. The Hall–Kier alpha value is -2.38. The number of morpholine rings is 1. The van der Waals surface area contributed by atoms with Gasteiger partial charge in [0.05, 0.1) is 24.8 Å². The molecule has 3 rings (SSSR count). The Morgan fingerprint density at radius 3 is 2.85 bits per heavy atom. The smallest absolute Gasteiger partial charge is 0.147 e. The molecular weight excluding hydrogens is 250 g/mol. The molecule has 0 bridgehead atoms. The van der Waals surface area contributed by atoms with Crippen LogP contribution in [0.1, 0.15) is 17.2 Å². The molecule has 0 spiro atoms. The fourth-order valence-electron chi connectivity index (χ4n) is 2.52. The molecular formula is C16H15N3O. The molecule has 1 aromatic carbocycles. The third-order valence-electron chi connectivity index (χ3n) is 3.49. The van der Waals surface area contributed by atoms with E-state index in [1.54, 1.807) is 18.3 Å². The van der Waals surface area contributed by atoms with Gasteiger partial charge in [0, 0.05) is 12.7 Å². The van der Waals surface area contributed by atoms with E-state index in [9.17, 15) is 5.26 Å². The number of anilines is 1. The Kier molecular flexibility index (Phi) is 3.62. The first-order valence-electron chi connectivity index (χ1n) is 6.64. The molecule has 20 heavy (non-hydrogen) atoms. The zero-order valence-electron chi connectivity index (χ0n) is 11.1. The van der Waals surface area contributed by atoms with Crippen molar-refractivity contribution in [1.29, 1.82) is 5.26 Å². The first-order valence-corrected chi connectivity index (χ1v) is 6.64. The van der Waals surface area contributed by atoms with Crippen LogP contribution in [0.5, 0.6) is 0 Å². The number of hydrogen-bond acceptors (Lipinski definition) is 4. The van der Waals surface area contributed by atoms with Gasteiger partial charge in [0.2, 0.25) is 0 Å². The molecule has 0 radical (unpaired) electrons. The quantitative estimate of drug-likeness (QED) is 0.837. The highest BCUT2D eigenvalue weighted by Gasteiger charge is 2.27. The average Bonchev–Trinajstić information content (AvgIpc) is 2.55. The van der Waals surface area contributed by atoms with Gasteiger partial charge in [-0.1, -0.05) is 30.3 Å². The highest BCUT2D eigenvalue weighted by molar-refractivity contribution is 5.55. The molecule has 100 valence electrons. The van der Waals surface area contributed by atoms with E-state index in [0.717, 1.165) is 12.4 Å². The molecule has 0 amide bonds. The number of nitriles is 1. The van der Waals surface area contributed by atoms with Gasteiger partial charge in [-0.2, -0.15) is 5.26 Å². The number of ether oxygens (including phenoxy) is 1. The highest BCUT2D eigenvalue weighted by Crippen LogP contribution is 2.30. The molecule has 1 unspecified atom stereocenters. The summed E-state index contributed by atoms with van der Waals surface area (Å²) in [5.41, 5.74) is 1.79. The van der Waals surface area contributed by atoms with Crippen molar-refractivity contribution in [1.82, 2.24) is 4.98 Å². The van der Waals surface area contributed by atoms with Crippen LogP contribution in [-0.2, 0) is 4.74 Å². The van der Waals surface area contributed by atoms with Crippen molar-refractivity contribution in [2.24, 2.45) is 0 Å². The molecule has 4 nitrogen and oxygen atoms in total. The van der Waals surface area contributed by atoms with E-state index < -0.39 is 0 Å². The van der Waals surface area contributed by atoms with Crippen LogP contribution in [-0.4, -0.2) is 24.7 Å². The van der Waals surface area contributed by atoms with Gasteiger partial charge in [-0.3, -0.25) is 0 Å². The van der Waals surface area contributed by atoms with Crippen molar-refractivity contribution in [3.63, 3.8) is 0 Å². The van der Waals surface area contributed by atoms with E-state index in [1.165, 1.54) is 5.56 Å². The highest BCUT2D eigenvalue weighted by atomic mass is 16.5. The molecule has 1 fully saturated rings. The first-order chi connectivity index (χ1) is 9.90. The molecule has 2 aromatic rings. The minimum absolute atomic E-state index is 0.104. The summed E-state index contributed by atoms with van der Waals surface area (Å²) >= 11 is 0. The second-order valence-corrected chi connectivity index (χ2v) is 4.68. The predicted octanol–water partition coefficient (Wildman–Crippen LogP) is 2.53. The van der Waals surface area contributed by atoms with E-state index in [-0.39, 0.29) is 6.04 Å². The van der Waals surface area contributed by atoms with Gasteiger partial charge in [-0.05, 0) is 17.7 Å². The Labute approximate surface area is 118 Å². The maximum Gasteiger partial charge on any atom is 0.147 e. The van der Waals surface area contributed by atoms with Crippen molar-refractivity contribution < 1.29 is 4.74 Å². The van der Waals surface area contributed by atoms with Crippen LogP contribution in [0, 0.1) is 11.3 Å². The number of hydrogen-bond donors (Lipinski definition) is 0. The largest absolute Gasteiger partial charge is 0.377 e. The van der Waals surface area contributed by atoms with Crippen LogP contribution in [0.4, 0.5) is 5.82 Å². The third kappa shape index (κ3) is 2.36. The van der Waals surface area contributed by atoms with Crippen molar-refractivity contribution in [2.45, 2.75) is 6.04 Å². The lowest BCUT2D eigenvalue weighted by atomic mass is 10.0. The van der Waals surface area contributed by atoms with Crippen LogP contribution < -0.4 is 4.90 Å². The molecule has 0 saturated carbocycles. The zero-order valence-corrected chi connectivity index (χ0v) is 11.1. The van der Waals surface area contributed by atoms with Crippen molar-refractivity contribution in [3.05, 3.63) is 59.8 Å². The number of nitrogens with zero attached hydrogens (tertiary/aromatic N) is 3. The van der Waals surface area contributed by atoms with Crippen LogP contribution in [0.15, 0.2) is 48.7 Å². The van der Waals surface area contributed by atoms with Gasteiger partial charge in [0.15, 0.2) is 0 Å². The Morgan fingerprint density at radius 1 is 1.20 bits per heavy atom. The van der Waals surface area contributed by atoms with E-state index in [1.807, 2.05) is 18.2 Å². The lowest BCUT2D eigenvalue weighted by Gasteiger charge is -2.37. The number of benzene rings is 1. The van der Waals surface area contributed by atoms with E-state index in [0.29, 0.717) is 18.8 Å². The fraction of sp³-hybridized carbons (Fsp3) is 0.250. The Balaban J connectivity index is 2.00. The minimum Gasteiger partial charge on any atom is -0.377 e. The summed E-state index contributed by atoms with van der Waals surface area (Å²) in [4.78, 5) is 6.56. The summed E-state index contributed by atoms with van der Waals surface area (Å²) in [7, 11) is 0. The zero-order chi connectivity index (χ0) is 13.8. The topological polar surface area (TPSA) is 49.2 Å². The Morgan fingerprint density at radius 2 is 2.05 bits per heavy atom. The summed E-state index contributed by atoms with van der Waals surface area (Å²) in [6, 6.07) is 16.1. The molecule has 1 saturated heterocycles. The minimum atomic E-state index is 0.104. The van der Waals surface area contributed by atoms with Crippen molar-refractivity contribution >= 4 is 5.82 Å². The average molecular weight is 265 g/mol. The van der Waals surface area contributed by atoms with Crippen molar-refractivity contribution in [3.8, 4) is 6.07 Å². The lowest BCUT2D eigenvalue weighted by molar-refractivity contribution is 0.0937. The molecule has 0 aliphatic carbocycles. The van der Waals surface area contributed by atoms with Gasteiger partial charge < -0.3 is 9.64 Å². The number of pyridine rings is 1. The number of rotatable bonds is 2. The van der Waals surface area contributed by atoms with Crippen LogP contribution in [0.3, 0.4) is 0 Å². The van der Waals surface area contributed by atoms with Gasteiger partial charge in [-0.15, -0.1) is 0 Å². The summed E-state index contributed by atoms with van der Waals surface area (Å²) in [6.07, 6.45) is 1.73. The molecule has 0 N–H and O–H groups in total. The standard InChI is InChI=1S/C16H15N3O/c17-11-14-7-4-8-18-16(14)19-9-10-20-12-15(19)13-5-2-1-3-6-13/h1-8,15H,9-10,12H2. The van der Waals surface area contributed by atoms with E-state index in [4.69, 9.17) is 4.74 Å². The van der Waals surface area contributed by atoms with E-state index in [2.05, 4.69) is 28.1 Å². The summed E-state index contributed by atoms with van der Waals surface area (Å²) in [5.74, 6) is 0.743. The van der Waals surface area contributed by atoms with Gasteiger partial charge in [-0.25, -0.2) is 4.98 Å². The fourth-order valence-corrected chi connectivity index (χ4v) is 2.52. The van der Waals surface area contributed by atoms with Crippen LogP contribution in [0.2, 0.25) is 0 Å². The molecule has 1 atom stereocenters. The Bertz CT molecular complexity index is 621. The normalized spacial score (nSPS) is 18.6. The molecule has 2 heterocycles. The summed E-state index contributed by atoms with van der Waals surface area (Å²) < 4.78 is 5.61. The van der Waals surface area contributed by atoms with Gasteiger partial charge >= 0.3 is 0 Å². The van der Waals surface area contributed by atoms with Crippen molar-refractivity contribution in [2.75, 3.05) is 24.7 Å². The second-order valence-electron chi connectivity index (χ2n) is 4.68. The second kappa shape index (κ2) is 5.72. The summed E-state index contributed by atoms with van der Waals surface area (Å²) in [6.45, 7) is 2.02. The maximum absolute atomic E-state index is 9.26. The van der Waals surface area contributed by atoms with Gasteiger partial charge in [0.1, 0.15) is 11.9 Å². The van der Waals surface area contributed by atoms with Crippen LogP contribution >= 0.6 is 0 Å². The van der Waals surface area contributed by atoms with Crippen LogP contribution in [0.25, 0.3) is 0 Å². The molecule has 1 aliphatic heterocycles. The summed E-state index contributed by atoms with van der Waals surface area (Å²) in [5, 5.41) is 9.26. The lowest BCUT2D eigenvalue weighted by Crippen LogP contribution is -2.40. The van der Waals surface area contributed by atoms with E-state index >= 15 is 0 Å². The third-order valence-corrected chi connectivity index (χ3v) is 3.49. The maximum atomic E-state index is 9.26. The molecule has 1 aliphatic rings. The molecule has 1 aromatic heterocycles. The molecule has 4 heteroatoms. The SMILES string of the molecule is N#Cc1cccnc1N1CCOCC1c1ccccc1. The van der Waals surface area contributed by atoms with Gasteiger partial charge in [0.25, 0.3) is 0 Å².